The lowest BCUT2D eigenvalue weighted by atomic mass is 10.2. The highest BCUT2D eigenvalue weighted by Crippen LogP contribution is 2.14. The average molecular weight is 308 g/mol. The predicted octanol–water partition coefficient (Wildman–Crippen LogP) is 2.45. The van der Waals surface area contributed by atoms with Crippen molar-refractivity contribution in [3.63, 3.8) is 0 Å². The Balaban J connectivity index is 2.09. The maximum Gasteiger partial charge on any atom is 0.253 e. The van der Waals surface area contributed by atoms with Crippen molar-refractivity contribution in [3.8, 4) is 0 Å². The molecule has 0 aliphatic carbocycles. The molecule has 18 heavy (non-hydrogen) atoms. The third-order valence-electron chi connectivity index (χ3n) is 2.60. The molecule has 94 valence electrons. The molecule has 5 heteroatoms. The Morgan fingerprint density at radius 3 is 2.89 bits per heavy atom. The van der Waals surface area contributed by atoms with Crippen LogP contribution in [0.3, 0.4) is 0 Å². The Bertz CT molecular complexity index is 565. The zero-order chi connectivity index (χ0) is 13.1. The van der Waals surface area contributed by atoms with Gasteiger partial charge in [-0.25, -0.2) is 0 Å². The van der Waals surface area contributed by atoms with Crippen molar-refractivity contribution in [2.75, 3.05) is 7.05 Å². The van der Waals surface area contributed by atoms with Gasteiger partial charge in [0.1, 0.15) is 0 Å². The Labute approximate surface area is 114 Å². The van der Waals surface area contributed by atoms with Crippen LogP contribution in [0.1, 0.15) is 15.9 Å². The van der Waals surface area contributed by atoms with E-state index in [0.717, 1.165) is 10.0 Å². The number of amides is 1. The van der Waals surface area contributed by atoms with Gasteiger partial charge in [0.2, 0.25) is 0 Å². The molecule has 0 aliphatic rings. The summed E-state index contributed by atoms with van der Waals surface area (Å²) < 4.78 is 2.63. The van der Waals surface area contributed by atoms with Crippen LogP contribution in [-0.2, 0) is 13.6 Å². The first-order valence-corrected chi connectivity index (χ1v) is 6.34. The number of rotatable bonds is 3. The van der Waals surface area contributed by atoms with Gasteiger partial charge in [-0.15, -0.1) is 0 Å². The zero-order valence-electron chi connectivity index (χ0n) is 10.3. The number of aromatic nitrogens is 2. The van der Waals surface area contributed by atoms with Crippen LogP contribution in [0.15, 0.2) is 41.1 Å². The molecule has 0 aliphatic heterocycles. The van der Waals surface area contributed by atoms with E-state index in [-0.39, 0.29) is 5.91 Å². The number of nitrogens with zero attached hydrogens (tertiary/aromatic N) is 3. The molecular formula is C13H14BrN3O. The number of benzene rings is 1. The van der Waals surface area contributed by atoms with Crippen molar-refractivity contribution < 1.29 is 4.79 Å². The molecular weight excluding hydrogens is 294 g/mol. The van der Waals surface area contributed by atoms with E-state index in [0.29, 0.717) is 12.1 Å². The predicted molar refractivity (Wildman–Crippen MR) is 73.1 cm³/mol. The second kappa shape index (κ2) is 5.35. The molecule has 0 bridgehead atoms. The lowest BCUT2D eigenvalue weighted by Gasteiger charge is -2.16. The fourth-order valence-electron chi connectivity index (χ4n) is 1.74. The SMILES string of the molecule is CN(Cc1cnn(C)c1)C(=O)c1cccc(Br)c1. The van der Waals surface area contributed by atoms with Gasteiger partial charge in [-0.05, 0) is 18.2 Å². The van der Waals surface area contributed by atoms with Gasteiger partial charge in [0.05, 0.1) is 6.20 Å². The number of aryl methyl sites for hydroxylation is 1. The first-order chi connectivity index (χ1) is 8.56. The van der Waals surface area contributed by atoms with Crippen molar-refractivity contribution in [2.45, 2.75) is 6.54 Å². The van der Waals surface area contributed by atoms with Crippen molar-refractivity contribution in [2.24, 2.45) is 7.05 Å². The third-order valence-corrected chi connectivity index (χ3v) is 3.09. The topological polar surface area (TPSA) is 38.1 Å². The summed E-state index contributed by atoms with van der Waals surface area (Å²) in [6.45, 7) is 0.555. The number of hydrogen-bond donors (Lipinski definition) is 0. The van der Waals surface area contributed by atoms with E-state index in [1.165, 1.54) is 0 Å². The summed E-state index contributed by atoms with van der Waals surface area (Å²) in [5.41, 5.74) is 1.69. The van der Waals surface area contributed by atoms with Crippen LogP contribution < -0.4 is 0 Å². The summed E-state index contributed by atoms with van der Waals surface area (Å²) in [5, 5.41) is 4.09. The zero-order valence-corrected chi connectivity index (χ0v) is 11.9. The van der Waals surface area contributed by atoms with Gasteiger partial charge < -0.3 is 4.90 Å². The van der Waals surface area contributed by atoms with Crippen LogP contribution in [0.25, 0.3) is 0 Å². The largest absolute Gasteiger partial charge is 0.337 e. The standard InChI is InChI=1S/C13H14BrN3O/c1-16(8-10-7-15-17(2)9-10)13(18)11-4-3-5-12(14)6-11/h3-7,9H,8H2,1-2H3. The van der Waals surface area contributed by atoms with Gasteiger partial charge >= 0.3 is 0 Å². The number of carbonyl (C=O) groups is 1. The van der Waals surface area contributed by atoms with E-state index in [9.17, 15) is 4.79 Å². The first kappa shape index (κ1) is 12.8. The summed E-state index contributed by atoms with van der Waals surface area (Å²) in [6, 6.07) is 7.39. The van der Waals surface area contributed by atoms with Crippen LogP contribution in [-0.4, -0.2) is 27.6 Å². The maximum absolute atomic E-state index is 12.2. The van der Waals surface area contributed by atoms with E-state index in [2.05, 4.69) is 21.0 Å². The molecule has 2 rings (SSSR count). The highest BCUT2D eigenvalue weighted by molar-refractivity contribution is 9.10. The third kappa shape index (κ3) is 2.98. The molecule has 0 spiro atoms. The van der Waals surface area contributed by atoms with E-state index in [1.807, 2.05) is 37.5 Å². The Morgan fingerprint density at radius 2 is 2.28 bits per heavy atom. The highest BCUT2D eigenvalue weighted by Gasteiger charge is 2.12. The van der Waals surface area contributed by atoms with Crippen LogP contribution >= 0.6 is 15.9 Å². The summed E-state index contributed by atoms with van der Waals surface area (Å²) in [4.78, 5) is 13.9. The lowest BCUT2D eigenvalue weighted by Crippen LogP contribution is -2.25. The molecule has 0 saturated heterocycles. The normalized spacial score (nSPS) is 10.4. The molecule has 0 atom stereocenters. The average Bonchev–Trinajstić information content (AvgIpc) is 2.73. The summed E-state index contributed by atoms with van der Waals surface area (Å²) in [6.07, 6.45) is 3.68. The fraction of sp³-hybridized carbons (Fsp3) is 0.231. The Morgan fingerprint density at radius 1 is 1.50 bits per heavy atom. The molecule has 4 nitrogen and oxygen atoms in total. The van der Waals surface area contributed by atoms with Gasteiger partial charge in [-0.3, -0.25) is 9.48 Å². The molecule has 0 saturated carbocycles. The molecule has 0 N–H and O–H groups in total. The minimum Gasteiger partial charge on any atom is -0.337 e. The Hall–Kier alpha value is -1.62. The van der Waals surface area contributed by atoms with Crippen LogP contribution in [0.5, 0.6) is 0 Å². The molecule has 2 aromatic rings. The molecule has 1 heterocycles. The Kier molecular flexibility index (Phi) is 3.81. The van der Waals surface area contributed by atoms with E-state index >= 15 is 0 Å². The monoisotopic (exact) mass is 307 g/mol. The number of hydrogen-bond acceptors (Lipinski definition) is 2. The molecule has 1 aromatic heterocycles. The molecule has 1 amide bonds. The van der Waals surface area contributed by atoms with Gasteiger partial charge in [0.25, 0.3) is 5.91 Å². The van der Waals surface area contributed by atoms with Crippen LogP contribution in [0, 0.1) is 0 Å². The molecule has 0 fully saturated rings. The first-order valence-electron chi connectivity index (χ1n) is 5.55. The van der Waals surface area contributed by atoms with E-state index in [4.69, 9.17) is 0 Å². The second-order valence-corrected chi connectivity index (χ2v) is 5.11. The second-order valence-electron chi connectivity index (χ2n) is 4.19. The minimum absolute atomic E-state index is 0.000142. The van der Waals surface area contributed by atoms with Crippen molar-refractivity contribution in [1.82, 2.24) is 14.7 Å². The summed E-state index contributed by atoms with van der Waals surface area (Å²) >= 11 is 3.37. The van der Waals surface area contributed by atoms with Crippen LogP contribution in [0.4, 0.5) is 0 Å². The fourth-order valence-corrected chi connectivity index (χ4v) is 2.14. The van der Waals surface area contributed by atoms with Gasteiger partial charge in [-0.2, -0.15) is 5.10 Å². The number of halogens is 1. The number of carbonyl (C=O) groups excluding carboxylic acids is 1. The van der Waals surface area contributed by atoms with E-state index < -0.39 is 0 Å². The summed E-state index contributed by atoms with van der Waals surface area (Å²) in [7, 11) is 3.65. The highest BCUT2D eigenvalue weighted by atomic mass is 79.9. The summed E-state index contributed by atoms with van der Waals surface area (Å²) in [5.74, 6) is 0.000142. The minimum atomic E-state index is 0.000142. The smallest absolute Gasteiger partial charge is 0.253 e. The molecule has 0 radical (unpaired) electrons. The van der Waals surface area contributed by atoms with Crippen LogP contribution in [0.2, 0.25) is 0 Å². The van der Waals surface area contributed by atoms with Gasteiger partial charge in [0.15, 0.2) is 0 Å². The molecule has 1 aromatic carbocycles. The molecule has 0 unspecified atom stereocenters. The van der Waals surface area contributed by atoms with Gasteiger partial charge in [-0.1, -0.05) is 22.0 Å². The van der Waals surface area contributed by atoms with Crippen molar-refractivity contribution >= 4 is 21.8 Å². The van der Waals surface area contributed by atoms with Crippen molar-refractivity contribution in [3.05, 3.63) is 52.3 Å². The van der Waals surface area contributed by atoms with E-state index in [1.54, 1.807) is 22.8 Å². The maximum atomic E-state index is 12.2. The quantitative estimate of drug-likeness (QED) is 0.873. The lowest BCUT2D eigenvalue weighted by molar-refractivity contribution is 0.0785. The van der Waals surface area contributed by atoms with Gasteiger partial charge in [0, 0.05) is 42.4 Å². The van der Waals surface area contributed by atoms with Crippen molar-refractivity contribution in [1.29, 1.82) is 0 Å².